The van der Waals surface area contributed by atoms with Crippen molar-refractivity contribution < 1.29 is 56.8 Å². The number of likely N-dealkylation sites (tertiary alicyclic amines) is 1. The molecule has 2 aromatic rings. The van der Waals surface area contributed by atoms with E-state index in [0.717, 1.165) is 0 Å². The lowest BCUT2D eigenvalue weighted by molar-refractivity contribution is -0.159. The molecule has 0 aromatic heterocycles. The summed E-state index contributed by atoms with van der Waals surface area (Å²) in [5, 5.41) is 2.86. The lowest BCUT2D eigenvalue weighted by Crippen LogP contribution is -2.45. The van der Waals surface area contributed by atoms with Gasteiger partial charge in [-0.15, -0.1) is 0 Å². The van der Waals surface area contributed by atoms with Crippen LogP contribution in [0.2, 0.25) is 0 Å². The molecule has 1 fully saturated rings. The molecule has 2 aromatic carbocycles. The third kappa shape index (κ3) is 9.39. The molecule has 5 heterocycles. The van der Waals surface area contributed by atoms with Gasteiger partial charge in [-0.3, -0.25) is 19.2 Å². The summed E-state index contributed by atoms with van der Waals surface area (Å²) in [7, 11) is 1.52. The minimum Gasteiger partial charge on any atom is -0.490 e. The van der Waals surface area contributed by atoms with Crippen molar-refractivity contribution in [2.75, 3.05) is 25.5 Å². The Morgan fingerprint density at radius 1 is 0.985 bits per heavy atom. The average molecular weight is 936 g/mol. The molecule has 1 aliphatic carbocycles. The van der Waals surface area contributed by atoms with Crippen LogP contribution in [0.25, 0.3) is 33.3 Å². The Balaban J connectivity index is 1.35. The molecule has 362 valence electrons. The number of ketones is 1. The molecule has 68 heavy (non-hydrogen) atoms. The van der Waals surface area contributed by atoms with Crippen molar-refractivity contribution in [3.8, 4) is 28.7 Å². The lowest BCUT2D eigenvalue weighted by Gasteiger charge is -2.36. The first-order valence-electron chi connectivity index (χ1n) is 23.3. The number of carbonyl (C=O) groups excluding carboxylic acids is 4. The quantitative estimate of drug-likeness (QED) is 0.116. The Kier molecular flexibility index (Phi) is 13.1. The van der Waals surface area contributed by atoms with Crippen molar-refractivity contribution in [2.45, 2.75) is 131 Å². The number of Topliss-reactive ketones (excluding diaryl/α,β-unsaturated/α-hetero) is 1. The van der Waals surface area contributed by atoms with Crippen LogP contribution in [0.4, 0.5) is 10.5 Å². The second-order valence-corrected chi connectivity index (χ2v) is 19.8. The first kappa shape index (κ1) is 48.1. The molecule has 2 amide bonds. The van der Waals surface area contributed by atoms with E-state index >= 15 is 4.79 Å². The first-order valence-corrected chi connectivity index (χ1v) is 23.3. The molecule has 1 N–H and O–H groups in total. The number of allylic oxidation sites excluding steroid dienone is 3. The highest BCUT2D eigenvalue weighted by Gasteiger charge is 2.51. The number of nitrogens with zero attached hydrogens (tertiary/aromatic N) is 2. The maximum absolute atomic E-state index is 15.6. The van der Waals surface area contributed by atoms with Gasteiger partial charge in [-0.2, -0.15) is 0 Å². The fraction of sp³-hybridized carbons (Fsp3) is 0.500. The number of carbonyl (C=O) groups is 4. The molecular weight excluding hydrogens is 875 g/mol. The van der Waals surface area contributed by atoms with Gasteiger partial charge in [0.25, 0.3) is 11.7 Å². The van der Waals surface area contributed by atoms with E-state index in [1.54, 1.807) is 49.1 Å². The molecule has 1 saturated heterocycles. The molecule has 0 radical (unpaired) electrons. The number of piperidine rings is 1. The van der Waals surface area contributed by atoms with E-state index < -0.39 is 58.7 Å². The zero-order valence-corrected chi connectivity index (χ0v) is 40.6. The summed E-state index contributed by atoms with van der Waals surface area (Å²) in [6, 6.07) is 5.12. The number of rotatable bonds is 4. The van der Waals surface area contributed by atoms with Crippen LogP contribution >= 0.6 is 0 Å². The van der Waals surface area contributed by atoms with Crippen LogP contribution in [-0.4, -0.2) is 89.6 Å². The van der Waals surface area contributed by atoms with Gasteiger partial charge < -0.3 is 47.8 Å². The Morgan fingerprint density at radius 2 is 1.72 bits per heavy atom. The smallest absolute Gasteiger partial charge is 0.410 e. The van der Waals surface area contributed by atoms with E-state index in [0.29, 0.717) is 61.2 Å². The highest BCUT2D eigenvalue weighted by Crippen LogP contribution is 2.52. The monoisotopic (exact) mass is 935 g/mol. The summed E-state index contributed by atoms with van der Waals surface area (Å²) < 4.78 is 50.5. The van der Waals surface area contributed by atoms with Crippen LogP contribution < -0.4 is 25.0 Å². The molecule has 3 unspecified atom stereocenters. The zero-order valence-electron chi connectivity index (χ0n) is 40.6. The largest absolute Gasteiger partial charge is 0.490 e. The summed E-state index contributed by atoms with van der Waals surface area (Å²) in [5.74, 6) is -3.61. The van der Waals surface area contributed by atoms with Crippen molar-refractivity contribution in [1.82, 2.24) is 9.88 Å². The minimum absolute atomic E-state index is 0.0140. The molecule has 0 saturated carbocycles. The van der Waals surface area contributed by atoms with Crippen LogP contribution in [0.3, 0.4) is 0 Å². The summed E-state index contributed by atoms with van der Waals surface area (Å²) in [6.07, 6.45) is 7.60. The number of anilines is 1. The molecule has 16 nitrogen and oxygen atoms in total. The highest BCUT2D eigenvalue weighted by atomic mass is 16.7. The second kappa shape index (κ2) is 18.6. The molecular formula is C52H61N3O13. The van der Waals surface area contributed by atoms with Crippen LogP contribution in [0, 0.1) is 24.7 Å². The molecule has 8 rings (SSSR count). The second-order valence-electron chi connectivity index (χ2n) is 19.8. The zero-order chi connectivity index (χ0) is 49.0. The standard InChI is InChI=1S/C52H61N3O13/c1-26-13-12-14-28(3)49(59)54-42-43(57)39-38(41-47(42)65-36-25-33(15-16-34(36)53-41)64-32-17-20-55(21-18-32)50(60)68-51(7,8)9)40-46-30(5)45(39)66-37(24-27(2)23-26)44(63-31(6)56)29(4)35(61-11)19-22-62-52(10,67-46)48(40)58/h12-16,19,22,25-27,29,32,35,37,44H,17-18,20-21,23-24H2,1-11H3,(H,54,59)/b13-12+,22-19+,28-14-/t26?,27-,29-,35+,37?,44?,52+/m1/s1. The van der Waals surface area contributed by atoms with Crippen LogP contribution in [0.1, 0.15) is 104 Å². The number of ether oxygens (including phenoxy) is 7. The van der Waals surface area contributed by atoms with Gasteiger partial charge in [-0.1, -0.05) is 39.0 Å². The highest BCUT2D eigenvalue weighted by molar-refractivity contribution is 6.22. The Bertz CT molecular complexity index is 2790. The normalized spacial score (nSPS) is 27.6. The summed E-state index contributed by atoms with van der Waals surface area (Å²) in [6.45, 7) is 18.6. The average Bonchev–Trinajstić information content (AvgIpc) is 3.53. The Hall–Kier alpha value is -6.42. The maximum Gasteiger partial charge on any atom is 0.410 e. The van der Waals surface area contributed by atoms with Crippen LogP contribution in [-0.2, 0) is 28.5 Å². The number of fused-ring (bicyclic) bond motifs is 8. The van der Waals surface area contributed by atoms with Crippen LogP contribution in [0.15, 0.2) is 63.6 Å². The Morgan fingerprint density at radius 3 is 2.41 bits per heavy atom. The molecule has 16 heteroatoms. The molecule has 6 bridgehead atoms. The molecule has 5 aliphatic heterocycles. The van der Waals surface area contributed by atoms with Gasteiger partial charge in [0.05, 0.1) is 23.3 Å². The number of amides is 2. The van der Waals surface area contributed by atoms with Gasteiger partial charge in [0.1, 0.15) is 58.1 Å². The SMILES string of the molecule is CO[C@H]1/C=C/O[C@@]2(C)Oc3c(C)c4c5c(=O)c(c6oc7cc(OC8CCN(C(=O)OC(C)(C)C)CC8)ccc7nc-6c5c3C2=O)NC(=O)/C(C)=C\C=C\C(C)C[C@@H](C)CC(O4)C(OC(C)=O)[C@@H]1C. The van der Waals surface area contributed by atoms with E-state index in [1.807, 2.05) is 39.8 Å². The first-order chi connectivity index (χ1) is 32.2. The number of hydrogen-bond donors (Lipinski definition) is 1. The lowest BCUT2D eigenvalue weighted by atomic mass is 9.85. The number of nitrogens with one attached hydrogen (secondary N) is 1. The number of methoxy groups -OCH3 is 1. The summed E-state index contributed by atoms with van der Waals surface area (Å²) in [5.41, 5.74) is -0.282. The summed E-state index contributed by atoms with van der Waals surface area (Å²) in [4.78, 5) is 77.1. The fourth-order valence-corrected chi connectivity index (χ4v) is 9.65. The summed E-state index contributed by atoms with van der Waals surface area (Å²) >= 11 is 0. The van der Waals surface area contributed by atoms with Crippen molar-refractivity contribution in [3.05, 3.63) is 75.7 Å². The van der Waals surface area contributed by atoms with Gasteiger partial charge in [0.15, 0.2) is 11.3 Å². The number of aromatic nitrogens is 1. The van der Waals surface area contributed by atoms with Gasteiger partial charge in [0.2, 0.25) is 5.43 Å². The van der Waals surface area contributed by atoms with Crippen molar-refractivity contribution in [1.29, 1.82) is 0 Å². The van der Waals surface area contributed by atoms with E-state index in [4.69, 9.17) is 42.6 Å². The number of hydrogen-bond acceptors (Lipinski definition) is 14. The van der Waals surface area contributed by atoms with Crippen molar-refractivity contribution in [3.63, 3.8) is 0 Å². The van der Waals surface area contributed by atoms with Crippen molar-refractivity contribution >= 4 is 51.3 Å². The van der Waals surface area contributed by atoms with Gasteiger partial charge in [-0.05, 0) is 77.5 Å². The van der Waals surface area contributed by atoms with Gasteiger partial charge >= 0.3 is 17.8 Å². The van der Waals surface area contributed by atoms with Crippen molar-refractivity contribution in [2.24, 2.45) is 17.8 Å². The number of esters is 1. The van der Waals surface area contributed by atoms with E-state index in [9.17, 15) is 19.2 Å². The van der Waals surface area contributed by atoms with E-state index in [2.05, 4.69) is 19.2 Å². The third-order valence-electron chi connectivity index (χ3n) is 13.1. The maximum atomic E-state index is 15.6. The van der Waals surface area contributed by atoms with Gasteiger partial charge in [-0.25, -0.2) is 9.78 Å². The number of benzene rings is 3. The van der Waals surface area contributed by atoms with Gasteiger partial charge in [0, 0.05) is 75.4 Å². The molecule has 7 atom stereocenters. The topological polar surface area (TPSA) is 191 Å². The fourth-order valence-electron chi connectivity index (χ4n) is 9.65. The predicted molar refractivity (Wildman–Crippen MR) is 253 cm³/mol. The molecule has 0 spiro atoms. The minimum atomic E-state index is -1.92. The van der Waals surface area contributed by atoms with E-state index in [1.165, 1.54) is 27.2 Å². The molecule has 6 aliphatic rings. The Labute approximate surface area is 395 Å². The third-order valence-corrected chi connectivity index (χ3v) is 13.1. The predicted octanol–water partition coefficient (Wildman–Crippen LogP) is 9.21. The van der Waals surface area contributed by atoms with E-state index in [-0.39, 0.29) is 74.6 Å². The van der Waals surface area contributed by atoms with Crippen LogP contribution in [0.5, 0.6) is 17.2 Å².